The second kappa shape index (κ2) is 10.3. The number of amides is 1. The molecule has 1 aliphatic rings. The van der Waals surface area contributed by atoms with Gasteiger partial charge >= 0.3 is 5.97 Å². The maximum atomic E-state index is 13.1. The highest BCUT2D eigenvalue weighted by Gasteiger charge is 2.45. The predicted octanol–water partition coefficient (Wildman–Crippen LogP) is 3.19. The lowest BCUT2D eigenvalue weighted by molar-refractivity contribution is -0.139. The minimum absolute atomic E-state index is 0.00591. The first-order chi connectivity index (χ1) is 16.9. The number of benzene rings is 2. The Morgan fingerprint density at radius 2 is 1.69 bits per heavy atom. The van der Waals surface area contributed by atoms with Gasteiger partial charge < -0.3 is 24.0 Å². The van der Waals surface area contributed by atoms with Crippen LogP contribution in [0.2, 0.25) is 0 Å². The van der Waals surface area contributed by atoms with Gasteiger partial charge in [0.2, 0.25) is 0 Å². The molecule has 9 heteroatoms. The number of hydrogen-bond acceptors (Lipinski definition) is 7. The smallest absolute Gasteiger partial charge is 0.337 e. The van der Waals surface area contributed by atoms with Crippen molar-refractivity contribution in [2.45, 2.75) is 19.0 Å². The SMILES string of the molecule is COC(=O)c1ccc([C@@H]2C(=C(O)c3ccc(OC)cc3)C(=O)C(=O)N2CCCn2ccnc2)cc1. The number of imidazole rings is 1. The van der Waals surface area contributed by atoms with Crippen molar-refractivity contribution < 1.29 is 29.0 Å². The number of methoxy groups -OCH3 is 2. The molecule has 1 aromatic heterocycles. The third kappa shape index (κ3) is 4.79. The Morgan fingerprint density at radius 3 is 2.29 bits per heavy atom. The summed E-state index contributed by atoms with van der Waals surface area (Å²) in [5.74, 6) is -1.62. The first kappa shape index (κ1) is 23.7. The number of hydrogen-bond donors (Lipinski definition) is 1. The van der Waals surface area contributed by atoms with Crippen LogP contribution >= 0.6 is 0 Å². The summed E-state index contributed by atoms with van der Waals surface area (Å²) in [4.78, 5) is 43.5. The summed E-state index contributed by atoms with van der Waals surface area (Å²) in [6.45, 7) is 0.890. The third-order valence-corrected chi connectivity index (χ3v) is 5.93. The molecule has 1 N–H and O–H groups in total. The molecule has 9 nitrogen and oxygen atoms in total. The second-order valence-corrected chi connectivity index (χ2v) is 7.99. The van der Waals surface area contributed by atoms with Crippen LogP contribution in [-0.4, -0.2) is 58.0 Å². The molecule has 1 fully saturated rings. The van der Waals surface area contributed by atoms with Crippen LogP contribution in [-0.2, 0) is 20.9 Å². The van der Waals surface area contributed by atoms with Gasteiger partial charge in [0.15, 0.2) is 0 Å². The lowest BCUT2D eigenvalue weighted by atomic mass is 9.94. The van der Waals surface area contributed by atoms with Gasteiger partial charge in [-0.3, -0.25) is 9.59 Å². The van der Waals surface area contributed by atoms with E-state index in [1.807, 2.05) is 10.8 Å². The van der Waals surface area contributed by atoms with Crippen molar-refractivity contribution in [1.29, 1.82) is 0 Å². The molecule has 1 aliphatic heterocycles. The zero-order valence-corrected chi connectivity index (χ0v) is 19.4. The summed E-state index contributed by atoms with van der Waals surface area (Å²) in [6.07, 6.45) is 5.74. The van der Waals surface area contributed by atoms with E-state index in [-0.39, 0.29) is 17.9 Å². The monoisotopic (exact) mass is 475 g/mol. The standard InChI is InChI=1S/C26H25N3O6/c1-34-20-10-8-18(9-11-20)23(30)21-22(17-4-6-19(7-5-17)26(33)35-2)29(25(32)24(21)31)14-3-13-28-15-12-27-16-28/h4-12,15-16,22,30H,3,13-14H2,1-2H3/t22-/m1/s1. The van der Waals surface area contributed by atoms with Crippen molar-refractivity contribution in [3.05, 3.63) is 89.5 Å². The van der Waals surface area contributed by atoms with Gasteiger partial charge in [-0.15, -0.1) is 0 Å². The van der Waals surface area contributed by atoms with Gasteiger partial charge in [-0.2, -0.15) is 0 Å². The molecule has 4 rings (SSSR count). The number of aliphatic hydroxyl groups is 1. The molecule has 0 saturated carbocycles. The highest BCUT2D eigenvalue weighted by atomic mass is 16.5. The van der Waals surface area contributed by atoms with Crippen molar-refractivity contribution in [2.24, 2.45) is 0 Å². The molecule has 35 heavy (non-hydrogen) atoms. The van der Waals surface area contributed by atoms with Crippen LogP contribution < -0.4 is 4.74 Å². The molecular formula is C26H25N3O6. The van der Waals surface area contributed by atoms with E-state index < -0.39 is 23.7 Å². The Bertz CT molecular complexity index is 1250. The second-order valence-electron chi connectivity index (χ2n) is 7.99. The number of esters is 1. The molecule has 1 atom stereocenters. The molecule has 2 heterocycles. The van der Waals surface area contributed by atoms with Crippen LogP contribution in [0.25, 0.3) is 5.76 Å². The Labute approximate surface area is 202 Å². The summed E-state index contributed by atoms with van der Waals surface area (Å²) in [5.41, 5.74) is 1.31. The largest absolute Gasteiger partial charge is 0.507 e. The van der Waals surface area contributed by atoms with Gasteiger partial charge in [-0.25, -0.2) is 9.78 Å². The molecule has 0 spiro atoms. The number of ketones is 1. The van der Waals surface area contributed by atoms with E-state index in [1.165, 1.54) is 19.1 Å². The minimum Gasteiger partial charge on any atom is -0.507 e. The number of carbonyl (C=O) groups is 3. The fourth-order valence-corrected chi connectivity index (χ4v) is 4.12. The summed E-state index contributed by atoms with van der Waals surface area (Å²) >= 11 is 0. The third-order valence-electron chi connectivity index (χ3n) is 5.93. The number of ether oxygens (including phenoxy) is 2. The topological polar surface area (TPSA) is 111 Å². The van der Waals surface area contributed by atoms with E-state index in [2.05, 4.69) is 4.98 Å². The Kier molecular flexibility index (Phi) is 6.96. The van der Waals surface area contributed by atoms with Crippen molar-refractivity contribution in [1.82, 2.24) is 14.5 Å². The quantitative estimate of drug-likeness (QED) is 0.231. The fourth-order valence-electron chi connectivity index (χ4n) is 4.12. The fraction of sp³-hybridized carbons (Fsp3) is 0.231. The lowest BCUT2D eigenvalue weighted by Gasteiger charge is -2.25. The van der Waals surface area contributed by atoms with Gasteiger partial charge in [0.05, 0.1) is 37.7 Å². The molecule has 2 aromatic carbocycles. The normalized spacial score (nSPS) is 17.0. The highest BCUT2D eigenvalue weighted by Crippen LogP contribution is 2.39. The number of Topliss-reactive ketones (excluding diaryl/α,β-unsaturated/α-hetero) is 1. The summed E-state index contributed by atoms with van der Waals surface area (Å²) in [7, 11) is 2.82. The van der Waals surface area contributed by atoms with Gasteiger partial charge in [0.25, 0.3) is 11.7 Å². The average molecular weight is 476 g/mol. The van der Waals surface area contributed by atoms with Crippen molar-refractivity contribution >= 4 is 23.4 Å². The number of aliphatic hydroxyl groups excluding tert-OH is 1. The van der Waals surface area contributed by atoms with E-state index >= 15 is 0 Å². The zero-order valence-electron chi connectivity index (χ0n) is 19.4. The van der Waals surface area contributed by atoms with E-state index in [4.69, 9.17) is 9.47 Å². The Balaban J connectivity index is 1.73. The Hall–Kier alpha value is -4.40. The van der Waals surface area contributed by atoms with Crippen molar-refractivity contribution in [3.63, 3.8) is 0 Å². The highest BCUT2D eigenvalue weighted by molar-refractivity contribution is 6.46. The maximum Gasteiger partial charge on any atom is 0.337 e. The number of carbonyl (C=O) groups excluding carboxylic acids is 3. The van der Waals surface area contributed by atoms with Gasteiger partial charge in [-0.05, 0) is 48.4 Å². The minimum atomic E-state index is -0.813. The summed E-state index contributed by atoms with van der Waals surface area (Å²) < 4.78 is 11.8. The number of rotatable bonds is 8. The first-order valence-electron chi connectivity index (χ1n) is 11.0. The molecule has 3 aromatic rings. The zero-order chi connectivity index (χ0) is 24.9. The maximum absolute atomic E-state index is 13.1. The van der Waals surface area contributed by atoms with E-state index in [1.54, 1.807) is 61.1 Å². The van der Waals surface area contributed by atoms with Crippen LogP contribution in [0.3, 0.4) is 0 Å². The molecule has 1 saturated heterocycles. The molecule has 180 valence electrons. The first-order valence-corrected chi connectivity index (χ1v) is 11.0. The number of likely N-dealkylation sites (tertiary alicyclic amines) is 1. The summed E-state index contributed by atoms with van der Waals surface area (Å²) in [5, 5.41) is 11.1. The van der Waals surface area contributed by atoms with E-state index in [9.17, 15) is 19.5 Å². The van der Waals surface area contributed by atoms with Crippen molar-refractivity contribution in [2.75, 3.05) is 20.8 Å². The molecule has 0 aliphatic carbocycles. The molecule has 0 bridgehead atoms. The van der Waals surface area contributed by atoms with Crippen LogP contribution in [0.5, 0.6) is 5.75 Å². The Morgan fingerprint density at radius 1 is 1.00 bits per heavy atom. The van der Waals surface area contributed by atoms with Crippen molar-refractivity contribution in [3.8, 4) is 5.75 Å². The molecule has 0 unspecified atom stereocenters. The lowest BCUT2D eigenvalue weighted by Crippen LogP contribution is -2.31. The van der Waals surface area contributed by atoms with Crippen LogP contribution in [0, 0.1) is 0 Å². The van der Waals surface area contributed by atoms with Crippen LogP contribution in [0.4, 0.5) is 0 Å². The molecule has 0 radical (unpaired) electrons. The average Bonchev–Trinajstić information content (AvgIpc) is 3.50. The van der Waals surface area contributed by atoms with Crippen LogP contribution in [0.15, 0.2) is 72.8 Å². The van der Waals surface area contributed by atoms with Crippen LogP contribution in [0.1, 0.15) is 33.9 Å². The van der Waals surface area contributed by atoms with Gasteiger partial charge in [0.1, 0.15) is 11.5 Å². The number of aromatic nitrogens is 2. The predicted molar refractivity (Wildman–Crippen MR) is 127 cm³/mol. The van der Waals surface area contributed by atoms with Gasteiger partial charge in [-0.1, -0.05) is 12.1 Å². The number of nitrogens with zero attached hydrogens (tertiary/aromatic N) is 3. The number of aryl methyl sites for hydroxylation is 1. The van der Waals surface area contributed by atoms with E-state index in [0.29, 0.717) is 35.4 Å². The van der Waals surface area contributed by atoms with Gasteiger partial charge in [0, 0.05) is 31.0 Å². The molecule has 1 amide bonds. The summed E-state index contributed by atoms with van der Waals surface area (Å²) in [6, 6.07) is 12.2. The molecular weight excluding hydrogens is 450 g/mol. The van der Waals surface area contributed by atoms with E-state index in [0.717, 1.165) is 0 Å².